The molecule has 1 amide bonds. The Balaban J connectivity index is 1.74. The van der Waals surface area contributed by atoms with E-state index in [0.29, 0.717) is 16.6 Å². The molecule has 8 heteroatoms. The summed E-state index contributed by atoms with van der Waals surface area (Å²) in [6.07, 6.45) is 3.86. The van der Waals surface area contributed by atoms with Crippen LogP contribution in [0.2, 0.25) is 5.02 Å². The van der Waals surface area contributed by atoms with Crippen molar-refractivity contribution in [2.24, 2.45) is 7.05 Å². The van der Waals surface area contributed by atoms with Gasteiger partial charge in [0.05, 0.1) is 22.8 Å². The molecule has 0 atom stereocenters. The standard InChI is InChI=1S/C18H19ClN4OS2/c1-11(2)17-21-13(10-25-17)9-16(24)22-14-8-12(19)4-5-15(14)26-18-20-6-7-23(18)3/h4-8,10-11H,9H2,1-3H3,(H,22,24). The number of halogens is 1. The normalized spacial score (nSPS) is 11.1. The van der Waals surface area contributed by atoms with Crippen molar-refractivity contribution in [2.45, 2.75) is 36.2 Å². The van der Waals surface area contributed by atoms with Crippen molar-refractivity contribution in [3.8, 4) is 0 Å². The fourth-order valence-corrected chi connectivity index (χ4v) is 4.14. The van der Waals surface area contributed by atoms with Crippen molar-refractivity contribution < 1.29 is 4.79 Å². The summed E-state index contributed by atoms with van der Waals surface area (Å²) in [4.78, 5) is 22.2. The van der Waals surface area contributed by atoms with Crippen LogP contribution in [0.15, 0.2) is 46.0 Å². The number of aromatic nitrogens is 3. The maximum atomic E-state index is 12.5. The summed E-state index contributed by atoms with van der Waals surface area (Å²) < 4.78 is 1.92. The van der Waals surface area contributed by atoms with Gasteiger partial charge in [-0.25, -0.2) is 9.97 Å². The summed E-state index contributed by atoms with van der Waals surface area (Å²) in [5.41, 5.74) is 1.46. The van der Waals surface area contributed by atoms with Gasteiger partial charge in [-0.3, -0.25) is 4.79 Å². The van der Waals surface area contributed by atoms with Crippen molar-refractivity contribution in [1.29, 1.82) is 0 Å². The minimum Gasteiger partial charge on any atom is -0.329 e. The molecule has 0 aliphatic heterocycles. The van der Waals surface area contributed by atoms with Crippen LogP contribution in [0.3, 0.4) is 0 Å². The molecule has 0 radical (unpaired) electrons. The monoisotopic (exact) mass is 406 g/mol. The van der Waals surface area contributed by atoms with Crippen LogP contribution in [0.5, 0.6) is 0 Å². The lowest BCUT2D eigenvalue weighted by atomic mass is 10.2. The first-order valence-electron chi connectivity index (χ1n) is 8.11. The number of anilines is 1. The second-order valence-corrected chi connectivity index (χ2v) is 8.46. The van der Waals surface area contributed by atoms with Gasteiger partial charge in [0.15, 0.2) is 5.16 Å². The lowest BCUT2D eigenvalue weighted by Gasteiger charge is -2.11. The first-order chi connectivity index (χ1) is 12.4. The van der Waals surface area contributed by atoms with Crippen molar-refractivity contribution in [2.75, 3.05) is 5.32 Å². The molecule has 5 nitrogen and oxygen atoms in total. The molecule has 0 aliphatic rings. The molecule has 0 unspecified atom stereocenters. The molecule has 0 bridgehead atoms. The molecular formula is C18H19ClN4OS2. The van der Waals surface area contributed by atoms with Crippen LogP contribution in [0.25, 0.3) is 0 Å². The van der Waals surface area contributed by atoms with Gasteiger partial charge in [0.1, 0.15) is 0 Å². The largest absolute Gasteiger partial charge is 0.329 e. The zero-order chi connectivity index (χ0) is 18.7. The molecule has 1 aromatic carbocycles. The zero-order valence-electron chi connectivity index (χ0n) is 14.7. The molecule has 2 heterocycles. The number of nitrogens with zero attached hydrogens (tertiary/aromatic N) is 3. The topological polar surface area (TPSA) is 59.8 Å². The summed E-state index contributed by atoms with van der Waals surface area (Å²) >= 11 is 9.19. The first kappa shape index (κ1) is 18.9. The number of rotatable bonds is 6. The van der Waals surface area contributed by atoms with E-state index in [4.69, 9.17) is 11.6 Å². The highest BCUT2D eigenvalue weighted by atomic mass is 35.5. The minimum absolute atomic E-state index is 0.116. The number of hydrogen-bond donors (Lipinski definition) is 1. The molecule has 2 aromatic heterocycles. The number of carbonyl (C=O) groups excluding carboxylic acids is 1. The van der Waals surface area contributed by atoms with Gasteiger partial charge in [0.2, 0.25) is 5.91 Å². The molecule has 0 aliphatic carbocycles. The number of carbonyl (C=O) groups is 1. The molecule has 26 heavy (non-hydrogen) atoms. The third kappa shape index (κ3) is 4.66. The highest BCUT2D eigenvalue weighted by Gasteiger charge is 2.14. The van der Waals surface area contributed by atoms with Crippen LogP contribution < -0.4 is 5.32 Å². The van der Waals surface area contributed by atoms with E-state index in [1.54, 1.807) is 29.7 Å². The number of amides is 1. The number of benzene rings is 1. The van der Waals surface area contributed by atoms with Crippen molar-refractivity contribution in [1.82, 2.24) is 14.5 Å². The van der Waals surface area contributed by atoms with E-state index in [9.17, 15) is 4.79 Å². The Labute approximate surface area is 165 Å². The van der Waals surface area contributed by atoms with Crippen LogP contribution in [0.4, 0.5) is 5.69 Å². The van der Waals surface area contributed by atoms with Crippen molar-refractivity contribution in [3.63, 3.8) is 0 Å². The Bertz CT molecular complexity index is 920. The number of hydrogen-bond acceptors (Lipinski definition) is 5. The fourth-order valence-electron chi connectivity index (χ4n) is 2.27. The number of aryl methyl sites for hydroxylation is 1. The number of nitrogens with one attached hydrogen (secondary N) is 1. The Hall–Kier alpha value is -1.83. The zero-order valence-corrected chi connectivity index (χ0v) is 17.1. The predicted octanol–water partition coefficient (Wildman–Crippen LogP) is 4.99. The molecule has 136 valence electrons. The van der Waals surface area contributed by atoms with Crippen LogP contribution >= 0.6 is 34.7 Å². The average Bonchev–Trinajstić information content (AvgIpc) is 3.19. The second kappa shape index (κ2) is 8.24. The van der Waals surface area contributed by atoms with Crippen LogP contribution in [0.1, 0.15) is 30.5 Å². The van der Waals surface area contributed by atoms with Crippen molar-refractivity contribution in [3.05, 3.63) is 51.7 Å². The van der Waals surface area contributed by atoms with Crippen LogP contribution in [0, 0.1) is 0 Å². The van der Waals surface area contributed by atoms with Gasteiger partial charge in [-0.15, -0.1) is 11.3 Å². The van der Waals surface area contributed by atoms with Gasteiger partial charge in [0.25, 0.3) is 0 Å². The molecule has 1 N–H and O–H groups in total. The van der Waals surface area contributed by atoms with Gasteiger partial charge in [-0.2, -0.15) is 0 Å². The smallest absolute Gasteiger partial charge is 0.230 e. The van der Waals surface area contributed by atoms with Gasteiger partial charge in [-0.1, -0.05) is 25.4 Å². The SMILES string of the molecule is CC(C)c1nc(CC(=O)Nc2cc(Cl)ccc2Sc2nccn2C)cs1. The van der Waals surface area contributed by atoms with E-state index in [-0.39, 0.29) is 12.3 Å². The summed E-state index contributed by atoms with van der Waals surface area (Å²) in [7, 11) is 1.93. The van der Waals surface area contributed by atoms with Crippen molar-refractivity contribution >= 4 is 46.3 Å². The minimum atomic E-state index is -0.116. The Morgan fingerprint density at radius 3 is 2.88 bits per heavy atom. The van der Waals surface area contributed by atoms with E-state index in [0.717, 1.165) is 20.8 Å². The third-order valence-corrected chi connectivity index (χ3v) is 6.18. The predicted molar refractivity (Wildman–Crippen MR) is 107 cm³/mol. The fraction of sp³-hybridized carbons (Fsp3) is 0.278. The maximum absolute atomic E-state index is 12.5. The molecule has 0 saturated carbocycles. The molecule has 3 rings (SSSR count). The van der Waals surface area contributed by atoms with Crippen LogP contribution in [-0.2, 0) is 18.3 Å². The van der Waals surface area contributed by atoms with Gasteiger partial charge in [0, 0.05) is 40.7 Å². The number of imidazole rings is 1. The Kier molecular flexibility index (Phi) is 6.01. The summed E-state index contributed by atoms with van der Waals surface area (Å²) in [6.45, 7) is 4.19. The molecule has 0 fully saturated rings. The Morgan fingerprint density at radius 1 is 1.42 bits per heavy atom. The first-order valence-corrected chi connectivity index (χ1v) is 10.2. The van der Waals surface area contributed by atoms with E-state index < -0.39 is 0 Å². The highest BCUT2D eigenvalue weighted by Crippen LogP contribution is 2.34. The van der Waals surface area contributed by atoms with E-state index in [2.05, 4.69) is 29.1 Å². The summed E-state index contributed by atoms with van der Waals surface area (Å²) in [5.74, 6) is 0.250. The van der Waals surface area contributed by atoms with Gasteiger partial charge in [-0.05, 0) is 30.0 Å². The lowest BCUT2D eigenvalue weighted by Crippen LogP contribution is -2.15. The molecule has 0 saturated heterocycles. The second-order valence-electron chi connectivity index (χ2n) is 6.12. The quantitative estimate of drug-likeness (QED) is 0.626. The van der Waals surface area contributed by atoms with E-state index >= 15 is 0 Å². The number of thiazole rings is 1. The highest BCUT2D eigenvalue weighted by molar-refractivity contribution is 7.99. The van der Waals surface area contributed by atoms with Gasteiger partial charge < -0.3 is 9.88 Å². The average molecular weight is 407 g/mol. The van der Waals surface area contributed by atoms with E-state index in [1.165, 1.54) is 11.8 Å². The molecule has 3 aromatic rings. The lowest BCUT2D eigenvalue weighted by molar-refractivity contribution is -0.115. The van der Waals surface area contributed by atoms with Crippen LogP contribution in [-0.4, -0.2) is 20.4 Å². The Morgan fingerprint density at radius 2 is 2.23 bits per heavy atom. The maximum Gasteiger partial charge on any atom is 0.230 e. The molecular weight excluding hydrogens is 388 g/mol. The van der Waals surface area contributed by atoms with Gasteiger partial charge >= 0.3 is 0 Å². The van der Waals surface area contributed by atoms with E-state index in [1.807, 2.05) is 29.3 Å². The summed E-state index contributed by atoms with van der Waals surface area (Å²) in [5, 5.41) is 7.34. The summed E-state index contributed by atoms with van der Waals surface area (Å²) in [6, 6.07) is 5.44. The molecule has 0 spiro atoms. The third-order valence-electron chi connectivity index (χ3n) is 3.60.